The number of likely N-dealkylation sites (tertiary alicyclic amines) is 1. The van der Waals surface area contributed by atoms with Crippen LogP contribution in [0.25, 0.3) is 10.8 Å². The summed E-state index contributed by atoms with van der Waals surface area (Å²) in [6.45, 7) is 1.23. The number of ether oxygens (including phenoxy) is 1. The number of pyridine rings is 2. The van der Waals surface area contributed by atoms with Crippen LogP contribution >= 0.6 is 0 Å². The first kappa shape index (κ1) is 20.4. The van der Waals surface area contributed by atoms with Crippen molar-refractivity contribution in [3.63, 3.8) is 0 Å². The lowest BCUT2D eigenvalue weighted by Gasteiger charge is -2.32. The van der Waals surface area contributed by atoms with Crippen LogP contribution < -0.4 is 10.1 Å². The molecule has 1 saturated carbocycles. The summed E-state index contributed by atoms with van der Waals surface area (Å²) >= 11 is 0. The van der Waals surface area contributed by atoms with Crippen molar-refractivity contribution in [2.24, 2.45) is 5.92 Å². The Morgan fingerprint density at radius 2 is 1.78 bits per heavy atom. The summed E-state index contributed by atoms with van der Waals surface area (Å²) in [4.78, 5) is 35.6. The maximum Gasteiger partial charge on any atom is 0.273 e. The first-order valence-electron chi connectivity index (χ1n) is 11.2. The Labute approximate surface area is 186 Å². The van der Waals surface area contributed by atoms with Crippen molar-refractivity contribution in [2.75, 3.05) is 18.4 Å². The van der Waals surface area contributed by atoms with E-state index in [0.29, 0.717) is 30.4 Å². The van der Waals surface area contributed by atoms with E-state index in [1.54, 1.807) is 18.5 Å². The van der Waals surface area contributed by atoms with Crippen LogP contribution in [-0.2, 0) is 4.79 Å². The quantitative estimate of drug-likeness (QED) is 0.660. The minimum absolute atomic E-state index is 0.00226. The number of carbonyl (C=O) groups is 2. The summed E-state index contributed by atoms with van der Waals surface area (Å²) in [5.74, 6) is 0.712. The number of nitrogens with one attached hydrogen (secondary N) is 1. The van der Waals surface area contributed by atoms with Crippen LogP contribution in [0.5, 0.6) is 5.88 Å². The summed E-state index contributed by atoms with van der Waals surface area (Å²) in [7, 11) is 0. The van der Waals surface area contributed by atoms with Crippen molar-refractivity contribution in [1.29, 1.82) is 0 Å². The van der Waals surface area contributed by atoms with Gasteiger partial charge in [-0.2, -0.15) is 0 Å². The zero-order chi connectivity index (χ0) is 21.9. The lowest BCUT2D eigenvalue weighted by Crippen LogP contribution is -2.42. The molecule has 0 spiro atoms. The molecule has 0 radical (unpaired) electrons. The molecule has 0 bridgehead atoms. The van der Waals surface area contributed by atoms with Gasteiger partial charge in [0, 0.05) is 49.5 Å². The molecular formula is C25H26N4O3. The summed E-state index contributed by atoms with van der Waals surface area (Å²) in [6, 6.07) is 13.3. The summed E-state index contributed by atoms with van der Waals surface area (Å²) < 4.78 is 6.02. The van der Waals surface area contributed by atoms with E-state index in [1.165, 1.54) is 0 Å². The van der Waals surface area contributed by atoms with Crippen molar-refractivity contribution in [3.8, 4) is 5.88 Å². The number of amides is 2. The molecule has 1 saturated heterocycles. The second-order valence-corrected chi connectivity index (χ2v) is 8.49. The summed E-state index contributed by atoms with van der Waals surface area (Å²) in [5, 5.41) is 4.81. The van der Waals surface area contributed by atoms with Gasteiger partial charge in [0.25, 0.3) is 5.91 Å². The average Bonchev–Trinajstić information content (AvgIpc) is 2.79. The average molecular weight is 431 g/mol. The minimum atomic E-state index is -0.0371. The number of rotatable bonds is 5. The number of fused-ring (bicyclic) bond motifs is 1. The standard InChI is InChI=1S/C25H26N4O3/c30-24(18-5-3-6-18)28-19-8-9-22(27-16-19)32-20-11-14-29(15-12-20)25(31)23-21-7-2-1-4-17(21)10-13-26-23/h1-2,4,7-10,13,16,18,20H,3,5-6,11-12,14-15H2,(H,28,30). The Morgan fingerprint density at radius 3 is 2.50 bits per heavy atom. The molecule has 3 heterocycles. The smallest absolute Gasteiger partial charge is 0.273 e. The van der Waals surface area contributed by atoms with Crippen LogP contribution in [-0.4, -0.2) is 45.9 Å². The number of nitrogens with zero attached hydrogens (tertiary/aromatic N) is 3. The number of aromatic nitrogens is 2. The zero-order valence-electron chi connectivity index (χ0n) is 17.9. The Kier molecular flexibility index (Phi) is 5.71. The van der Waals surface area contributed by atoms with Gasteiger partial charge in [0.1, 0.15) is 11.8 Å². The van der Waals surface area contributed by atoms with E-state index in [1.807, 2.05) is 41.3 Å². The van der Waals surface area contributed by atoms with Crippen molar-refractivity contribution < 1.29 is 14.3 Å². The van der Waals surface area contributed by atoms with Crippen LogP contribution in [0.1, 0.15) is 42.6 Å². The van der Waals surface area contributed by atoms with Crippen molar-refractivity contribution in [1.82, 2.24) is 14.9 Å². The first-order chi connectivity index (χ1) is 15.7. The molecule has 0 atom stereocenters. The molecule has 7 heteroatoms. The van der Waals surface area contributed by atoms with Gasteiger partial charge in [0.2, 0.25) is 11.8 Å². The molecule has 2 amide bonds. The van der Waals surface area contributed by atoms with E-state index in [9.17, 15) is 9.59 Å². The van der Waals surface area contributed by atoms with E-state index in [4.69, 9.17) is 4.74 Å². The number of hydrogen-bond donors (Lipinski definition) is 1. The fourth-order valence-corrected chi connectivity index (χ4v) is 4.23. The molecule has 2 aromatic heterocycles. The SMILES string of the molecule is O=C(Nc1ccc(OC2CCN(C(=O)c3nccc4ccccc34)CC2)nc1)C1CCC1. The predicted octanol–water partition coefficient (Wildman–Crippen LogP) is 4.05. The lowest BCUT2D eigenvalue weighted by atomic mass is 9.85. The Hall–Kier alpha value is -3.48. The zero-order valence-corrected chi connectivity index (χ0v) is 17.9. The van der Waals surface area contributed by atoms with Crippen molar-refractivity contribution in [2.45, 2.75) is 38.2 Å². The van der Waals surface area contributed by atoms with Gasteiger partial charge in [-0.25, -0.2) is 4.98 Å². The van der Waals surface area contributed by atoms with Gasteiger partial charge in [-0.05, 0) is 30.4 Å². The third-order valence-corrected chi connectivity index (χ3v) is 6.37. The molecule has 3 aromatic rings. The Balaban J connectivity index is 1.15. The number of anilines is 1. The highest BCUT2D eigenvalue weighted by Gasteiger charge is 2.27. The molecule has 1 aromatic carbocycles. The van der Waals surface area contributed by atoms with Crippen LogP contribution in [0.4, 0.5) is 5.69 Å². The third kappa shape index (κ3) is 4.28. The van der Waals surface area contributed by atoms with Gasteiger partial charge in [-0.1, -0.05) is 30.7 Å². The first-order valence-corrected chi connectivity index (χ1v) is 11.2. The number of piperidine rings is 1. The Bertz CT molecular complexity index is 1110. The molecule has 32 heavy (non-hydrogen) atoms. The number of benzene rings is 1. The van der Waals surface area contributed by atoms with Crippen LogP contribution in [0, 0.1) is 5.92 Å². The molecule has 5 rings (SSSR count). The molecule has 2 fully saturated rings. The predicted molar refractivity (Wildman–Crippen MR) is 122 cm³/mol. The normalized spacial score (nSPS) is 17.1. The topological polar surface area (TPSA) is 84.4 Å². The van der Waals surface area contributed by atoms with Crippen LogP contribution in [0.15, 0.2) is 54.9 Å². The fourth-order valence-electron chi connectivity index (χ4n) is 4.23. The third-order valence-electron chi connectivity index (χ3n) is 6.37. The van der Waals surface area contributed by atoms with E-state index < -0.39 is 0 Å². The monoisotopic (exact) mass is 430 g/mol. The maximum absolute atomic E-state index is 13.1. The molecule has 7 nitrogen and oxygen atoms in total. The molecule has 1 N–H and O–H groups in total. The largest absolute Gasteiger partial charge is 0.474 e. The second-order valence-electron chi connectivity index (χ2n) is 8.49. The Morgan fingerprint density at radius 1 is 0.969 bits per heavy atom. The maximum atomic E-state index is 13.1. The molecule has 0 unspecified atom stereocenters. The summed E-state index contributed by atoms with van der Waals surface area (Å²) in [5.41, 5.74) is 1.20. The number of hydrogen-bond acceptors (Lipinski definition) is 5. The van der Waals surface area contributed by atoms with Crippen LogP contribution in [0.2, 0.25) is 0 Å². The molecule has 1 aliphatic heterocycles. The van der Waals surface area contributed by atoms with Gasteiger partial charge in [-0.3, -0.25) is 14.6 Å². The van der Waals surface area contributed by atoms with Gasteiger partial charge < -0.3 is 15.0 Å². The van der Waals surface area contributed by atoms with E-state index in [-0.39, 0.29) is 23.8 Å². The highest BCUT2D eigenvalue weighted by Crippen LogP contribution is 2.28. The highest BCUT2D eigenvalue weighted by molar-refractivity contribution is 6.05. The van der Waals surface area contributed by atoms with Crippen molar-refractivity contribution in [3.05, 3.63) is 60.6 Å². The lowest BCUT2D eigenvalue weighted by molar-refractivity contribution is -0.122. The molecular weight excluding hydrogens is 404 g/mol. The van der Waals surface area contributed by atoms with Crippen LogP contribution in [0.3, 0.4) is 0 Å². The highest BCUT2D eigenvalue weighted by atomic mass is 16.5. The minimum Gasteiger partial charge on any atom is -0.474 e. The molecule has 2 aliphatic rings. The van der Waals surface area contributed by atoms with Gasteiger partial charge in [0.05, 0.1) is 11.9 Å². The summed E-state index contributed by atoms with van der Waals surface area (Å²) in [6.07, 6.45) is 7.87. The van der Waals surface area contributed by atoms with Gasteiger partial charge >= 0.3 is 0 Å². The number of carbonyl (C=O) groups excluding carboxylic acids is 2. The van der Waals surface area contributed by atoms with E-state index in [2.05, 4.69) is 15.3 Å². The van der Waals surface area contributed by atoms with Crippen molar-refractivity contribution >= 4 is 28.3 Å². The molecule has 164 valence electrons. The van der Waals surface area contributed by atoms with Gasteiger partial charge in [0.15, 0.2) is 0 Å². The van der Waals surface area contributed by atoms with Gasteiger partial charge in [-0.15, -0.1) is 0 Å². The van der Waals surface area contributed by atoms with E-state index >= 15 is 0 Å². The second kappa shape index (κ2) is 8.94. The fraction of sp³-hybridized carbons (Fsp3) is 0.360. The molecule has 1 aliphatic carbocycles. The van der Waals surface area contributed by atoms with E-state index in [0.717, 1.165) is 42.9 Å².